The van der Waals surface area contributed by atoms with Crippen LogP contribution < -0.4 is 5.43 Å². The first-order valence-electron chi connectivity index (χ1n) is 5.18. The van der Waals surface area contributed by atoms with Crippen molar-refractivity contribution in [2.45, 2.75) is 13.8 Å². The molecule has 0 bridgehead atoms. The molecule has 0 aromatic heterocycles. The summed E-state index contributed by atoms with van der Waals surface area (Å²) >= 11 is 0. The Hall–Kier alpha value is -0.910. The van der Waals surface area contributed by atoms with Gasteiger partial charge in [-0.05, 0) is 13.8 Å². The van der Waals surface area contributed by atoms with E-state index in [1.54, 1.807) is 0 Å². The Balaban J connectivity index is 5.04. The average Bonchev–Trinajstić information content (AvgIpc) is 2.10. The molecule has 0 fully saturated rings. The minimum Gasteiger partial charge on any atom is -0.461 e. The summed E-state index contributed by atoms with van der Waals surface area (Å²) in [5, 5.41) is 3.29. The van der Waals surface area contributed by atoms with E-state index in [-0.39, 0.29) is 0 Å². The lowest BCUT2D eigenvalue weighted by atomic mass is 10.7. The molecule has 2 N–H and O–H groups in total. The zero-order valence-electron chi connectivity index (χ0n) is 10.6. The van der Waals surface area contributed by atoms with Gasteiger partial charge in [0.1, 0.15) is 0 Å². The lowest BCUT2D eigenvalue weighted by Gasteiger charge is -2.11. The van der Waals surface area contributed by atoms with Gasteiger partial charge in [0.2, 0.25) is 0 Å². The number of rotatable bonds is 6. The second-order valence-corrected chi connectivity index (χ2v) is 3.84. The molecular weight excluding hydrogens is 223 g/mol. The van der Waals surface area contributed by atoms with E-state index in [9.17, 15) is 14.3 Å². The van der Waals surface area contributed by atoms with Crippen molar-refractivity contribution in [1.29, 1.82) is 0 Å². The number of nitrogens with one attached hydrogen (secondary N) is 1. The fourth-order valence-electron chi connectivity index (χ4n) is 0.683. The zero-order chi connectivity index (χ0) is 13.6. The number of nitrogens with zero attached hydrogens (tertiary/aromatic N) is 1. The van der Waals surface area contributed by atoms with Crippen molar-refractivity contribution < 1.29 is 26.3 Å². The van der Waals surface area contributed by atoms with Gasteiger partial charge < -0.3 is 19.6 Å². The molecule has 0 rings (SSSR count). The van der Waals surface area contributed by atoms with Crippen LogP contribution in [0.4, 0.5) is 0 Å². The number of carbonyl (C=O) groups is 1. The molecule has 0 saturated carbocycles. The van der Waals surface area contributed by atoms with Crippen LogP contribution in [0.5, 0.6) is 0 Å². The van der Waals surface area contributed by atoms with Crippen molar-refractivity contribution in [2.24, 2.45) is 5.10 Å². The molecule has 3 atom stereocenters. The first kappa shape index (κ1) is 10.6. The Labute approximate surface area is 90.8 Å². The molecule has 7 nitrogen and oxygen atoms in total. The van der Waals surface area contributed by atoms with Gasteiger partial charge in [-0.1, -0.05) is 0 Å². The molecular formula is C7H15N2O5P. The van der Waals surface area contributed by atoms with Crippen LogP contribution in [-0.2, 0) is 18.6 Å². The van der Waals surface area contributed by atoms with Gasteiger partial charge in [-0.25, -0.2) is 4.79 Å². The first-order valence-corrected chi connectivity index (χ1v) is 5.60. The summed E-state index contributed by atoms with van der Waals surface area (Å²) in [7, 11) is -3.24. The molecule has 88 valence electrons. The van der Waals surface area contributed by atoms with Crippen molar-refractivity contribution >= 4 is 19.0 Å². The van der Waals surface area contributed by atoms with Crippen molar-refractivity contribution in [3.8, 4) is 0 Å². The SMILES string of the molecule is [2H]C(C)OC(=O)/C(=N/NC)P(=O)(O)OC([2H])C. The van der Waals surface area contributed by atoms with Crippen LogP contribution in [0.3, 0.4) is 0 Å². The molecule has 0 aromatic rings. The topological polar surface area (TPSA) is 97.2 Å². The molecule has 0 aliphatic heterocycles. The molecule has 0 radical (unpaired) electrons. The monoisotopic (exact) mass is 240 g/mol. The third kappa shape index (κ3) is 4.42. The van der Waals surface area contributed by atoms with Gasteiger partial charge in [-0.15, -0.1) is 0 Å². The first-order chi connectivity index (χ1) is 7.70. The molecule has 0 spiro atoms. The van der Waals surface area contributed by atoms with Gasteiger partial charge in [0.25, 0.3) is 5.45 Å². The van der Waals surface area contributed by atoms with Crippen molar-refractivity contribution in [2.75, 3.05) is 20.2 Å². The van der Waals surface area contributed by atoms with Gasteiger partial charge >= 0.3 is 13.6 Å². The van der Waals surface area contributed by atoms with Crippen LogP contribution in [0.1, 0.15) is 16.6 Å². The second-order valence-electron chi connectivity index (χ2n) is 2.16. The minimum absolute atomic E-state index is 0.891. The van der Waals surface area contributed by atoms with Crippen molar-refractivity contribution in [3.05, 3.63) is 0 Å². The third-order valence-corrected chi connectivity index (χ3v) is 2.46. The lowest BCUT2D eigenvalue weighted by molar-refractivity contribution is -0.134. The number of hydrogen-bond donors (Lipinski definition) is 2. The fourth-order valence-corrected chi connectivity index (χ4v) is 1.58. The summed E-state index contributed by atoms with van der Waals surface area (Å²) in [5.41, 5.74) is 1.26. The zero-order valence-corrected chi connectivity index (χ0v) is 9.52. The Morgan fingerprint density at radius 2 is 2.20 bits per heavy atom. The Morgan fingerprint density at radius 3 is 2.60 bits per heavy atom. The highest BCUT2D eigenvalue weighted by atomic mass is 31.2. The van der Waals surface area contributed by atoms with Crippen LogP contribution in [0.2, 0.25) is 0 Å². The van der Waals surface area contributed by atoms with Crippen molar-refractivity contribution in [1.82, 2.24) is 5.43 Å². The highest BCUT2D eigenvalue weighted by molar-refractivity contribution is 7.74. The van der Waals surface area contributed by atoms with Gasteiger partial charge in [-0.2, -0.15) is 5.10 Å². The van der Waals surface area contributed by atoms with Crippen LogP contribution in [0.25, 0.3) is 0 Å². The molecule has 0 heterocycles. The molecule has 0 amide bonds. The summed E-state index contributed by atoms with van der Waals surface area (Å²) in [6.07, 6.45) is 0. The Kier molecular flexibility index (Phi) is 4.63. The quantitative estimate of drug-likeness (QED) is 0.300. The maximum Gasteiger partial charge on any atom is 0.386 e. The van der Waals surface area contributed by atoms with Gasteiger partial charge in [-0.3, -0.25) is 4.57 Å². The van der Waals surface area contributed by atoms with E-state index in [4.69, 9.17) is 2.74 Å². The summed E-state index contributed by atoms with van der Waals surface area (Å²) in [6, 6.07) is 0. The summed E-state index contributed by atoms with van der Waals surface area (Å²) in [6.45, 7) is -0.0594. The third-order valence-electron chi connectivity index (χ3n) is 1.14. The normalized spacial score (nSPS) is 21.7. The Morgan fingerprint density at radius 1 is 1.60 bits per heavy atom. The highest BCUT2D eigenvalue weighted by Crippen LogP contribution is 2.43. The number of hydrogen-bond acceptors (Lipinski definition) is 6. The number of hydrazone groups is 1. The predicted molar refractivity (Wildman–Crippen MR) is 54.6 cm³/mol. The van der Waals surface area contributed by atoms with E-state index in [1.165, 1.54) is 20.9 Å². The van der Waals surface area contributed by atoms with E-state index >= 15 is 0 Å². The number of ether oxygens (including phenoxy) is 1. The highest BCUT2D eigenvalue weighted by Gasteiger charge is 2.35. The summed E-state index contributed by atoms with van der Waals surface area (Å²) in [4.78, 5) is 20.8. The summed E-state index contributed by atoms with van der Waals surface area (Å²) in [5.74, 6) is -1.24. The molecule has 0 aliphatic carbocycles. The standard InChI is InChI=1S/C7H15N2O5P/c1-4-13-7(10)6(9-8-3)15(11,12)14-5-2/h8H,4-5H2,1-3H3,(H,11,12)/b9-6-/i4D,5D. The fraction of sp³-hybridized carbons (Fsp3) is 0.714. The van der Waals surface area contributed by atoms with Crippen LogP contribution in [0, 0.1) is 0 Å². The van der Waals surface area contributed by atoms with Gasteiger partial charge in [0.05, 0.1) is 15.9 Å². The average molecular weight is 240 g/mol. The van der Waals surface area contributed by atoms with E-state index in [2.05, 4.69) is 19.8 Å². The second kappa shape index (κ2) is 6.55. The van der Waals surface area contributed by atoms with E-state index in [1.807, 2.05) is 0 Å². The van der Waals surface area contributed by atoms with Crippen LogP contribution in [0.15, 0.2) is 5.10 Å². The smallest absolute Gasteiger partial charge is 0.386 e. The van der Waals surface area contributed by atoms with E-state index in [0.717, 1.165) is 0 Å². The lowest BCUT2D eigenvalue weighted by Crippen LogP contribution is -2.21. The molecule has 8 heteroatoms. The van der Waals surface area contributed by atoms with Crippen LogP contribution in [-0.4, -0.2) is 36.5 Å². The maximum absolute atomic E-state index is 11.6. The Bertz CT molecular complexity index is 347. The molecule has 0 saturated heterocycles. The molecule has 0 aromatic carbocycles. The largest absolute Gasteiger partial charge is 0.461 e. The molecule has 3 unspecified atom stereocenters. The predicted octanol–water partition coefficient (Wildman–Crippen LogP) is 0.304. The van der Waals surface area contributed by atoms with Gasteiger partial charge in [0.15, 0.2) is 0 Å². The van der Waals surface area contributed by atoms with E-state index in [0.29, 0.717) is 0 Å². The maximum atomic E-state index is 11.6. The van der Waals surface area contributed by atoms with Crippen molar-refractivity contribution in [3.63, 3.8) is 0 Å². The van der Waals surface area contributed by atoms with E-state index < -0.39 is 32.2 Å². The summed E-state index contributed by atoms with van der Waals surface area (Å²) < 4.78 is 34.5. The molecule has 15 heavy (non-hydrogen) atoms. The number of carbonyl (C=O) groups excluding carboxylic acids is 1. The minimum atomic E-state index is -4.55. The number of esters is 1. The van der Waals surface area contributed by atoms with Gasteiger partial charge in [0, 0.05) is 7.05 Å². The molecule has 0 aliphatic rings. The van der Waals surface area contributed by atoms with Crippen LogP contribution >= 0.6 is 7.60 Å².